The van der Waals surface area contributed by atoms with Gasteiger partial charge in [0.25, 0.3) is 0 Å². The van der Waals surface area contributed by atoms with Gasteiger partial charge in [-0.05, 0) is 33.6 Å². The zero-order valence-electron chi connectivity index (χ0n) is 10.3. The summed E-state index contributed by atoms with van der Waals surface area (Å²) in [5, 5.41) is 6.59. The Kier molecular flexibility index (Phi) is 4.39. The van der Waals surface area contributed by atoms with Crippen molar-refractivity contribution < 1.29 is 4.74 Å². The van der Waals surface area contributed by atoms with E-state index in [2.05, 4.69) is 36.4 Å². The molecule has 0 aromatic rings. The normalized spacial score (nSPS) is 22.9. The monoisotopic (exact) mass is 213 g/mol. The highest BCUT2D eigenvalue weighted by molar-refractivity contribution is 5.80. The van der Waals surface area contributed by atoms with E-state index < -0.39 is 0 Å². The van der Waals surface area contributed by atoms with Crippen molar-refractivity contribution in [2.24, 2.45) is 4.99 Å². The van der Waals surface area contributed by atoms with Crippen molar-refractivity contribution in [2.75, 3.05) is 20.2 Å². The number of ether oxygens (including phenoxy) is 1. The van der Waals surface area contributed by atoms with Crippen LogP contribution in [-0.4, -0.2) is 37.8 Å². The summed E-state index contributed by atoms with van der Waals surface area (Å²) in [6.07, 6.45) is 2.68. The Bertz CT molecular complexity index is 214. The fraction of sp³-hybridized carbons (Fsp3) is 0.909. The lowest BCUT2D eigenvalue weighted by Crippen LogP contribution is -2.49. The minimum absolute atomic E-state index is 0.0401. The molecule has 1 fully saturated rings. The summed E-state index contributed by atoms with van der Waals surface area (Å²) in [6.45, 7) is 8.09. The molecule has 0 aromatic carbocycles. The Morgan fingerprint density at radius 3 is 2.67 bits per heavy atom. The Morgan fingerprint density at radius 1 is 1.47 bits per heavy atom. The number of guanidine groups is 1. The van der Waals surface area contributed by atoms with Gasteiger partial charge in [0.15, 0.2) is 5.96 Å². The average molecular weight is 213 g/mol. The predicted octanol–water partition coefficient (Wildman–Crippen LogP) is 1.13. The van der Waals surface area contributed by atoms with Crippen LogP contribution in [0.2, 0.25) is 0 Å². The highest BCUT2D eigenvalue weighted by Crippen LogP contribution is 2.10. The van der Waals surface area contributed by atoms with E-state index in [1.54, 1.807) is 7.05 Å². The predicted molar refractivity (Wildman–Crippen MR) is 63.2 cm³/mol. The van der Waals surface area contributed by atoms with Crippen molar-refractivity contribution in [3.05, 3.63) is 0 Å². The topological polar surface area (TPSA) is 45.7 Å². The van der Waals surface area contributed by atoms with Crippen LogP contribution in [-0.2, 0) is 4.74 Å². The molecule has 15 heavy (non-hydrogen) atoms. The molecule has 0 amide bonds. The molecule has 0 bridgehead atoms. The van der Waals surface area contributed by atoms with Gasteiger partial charge in [0.1, 0.15) is 0 Å². The molecule has 1 rings (SSSR count). The Balaban J connectivity index is 2.28. The lowest BCUT2D eigenvalue weighted by atomic mass is 10.1. The van der Waals surface area contributed by atoms with E-state index in [9.17, 15) is 0 Å². The third-order valence-corrected chi connectivity index (χ3v) is 2.24. The maximum Gasteiger partial charge on any atom is 0.191 e. The standard InChI is InChI=1S/C11H23N3O/c1-11(2,3)14-10(12-4)13-8-9-6-5-7-15-9/h9H,5-8H2,1-4H3,(H2,12,13,14). The SMILES string of the molecule is CN=C(NCC1CCCO1)NC(C)(C)C. The lowest BCUT2D eigenvalue weighted by molar-refractivity contribution is 0.113. The van der Waals surface area contributed by atoms with Crippen molar-refractivity contribution in [1.82, 2.24) is 10.6 Å². The van der Waals surface area contributed by atoms with Crippen LogP contribution in [0.4, 0.5) is 0 Å². The van der Waals surface area contributed by atoms with E-state index in [-0.39, 0.29) is 5.54 Å². The Morgan fingerprint density at radius 2 is 2.20 bits per heavy atom. The van der Waals surface area contributed by atoms with Gasteiger partial charge in [-0.25, -0.2) is 0 Å². The van der Waals surface area contributed by atoms with E-state index in [1.807, 2.05) is 0 Å². The molecule has 1 heterocycles. The molecule has 1 atom stereocenters. The molecular formula is C11H23N3O. The molecule has 0 radical (unpaired) electrons. The second-order valence-corrected chi connectivity index (χ2v) is 4.96. The highest BCUT2D eigenvalue weighted by atomic mass is 16.5. The van der Waals surface area contributed by atoms with Crippen molar-refractivity contribution in [2.45, 2.75) is 45.3 Å². The second-order valence-electron chi connectivity index (χ2n) is 4.96. The fourth-order valence-electron chi connectivity index (χ4n) is 1.55. The van der Waals surface area contributed by atoms with Gasteiger partial charge >= 0.3 is 0 Å². The number of nitrogens with one attached hydrogen (secondary N) is 2. The van der Waals surface area contributed by atoms with Gasteiger partial charge in [-0.1, -0.05) is 0 Å². The molecule has 4 heteroatoms. The smallest absolute Gasteiger partial charge is 0.191 e. The zero-order chi connectivity index (χ0) is 11.3. The van der Waals surface area contributed by atoms with Crippen LogP contribution in [0.3, 0.4) is 0 Å². The molecule has 0 saturated carbocycles. The number of rotatable bonds is 2. The van der Waals surface area contributed by atoms with Crippen molar-refractivity contribution in [1.29, 1.82) is 0 Å². The van der Waals surface area contributed by atoms with E-state index in [1.165, 1.54) is 6.42 Å². The third-order valence-electron chi connectivity index (χ3n) is 2.24. The van der Waals surface area contributed by atoms with E-state index in [4.69, 9.17) is 4.74 Å². The molecule has 0 aromatic heterocycles. The summed E-state index contributed by atoms with van der Waals surface area (Å²) in [7, 11) is 1.79. The molecule has 0 spiro atoms. The van der Waals surface area contributed by atoms with Crippen LogP contribution in [0.15, 0.2) is 4.99 Å². The van der Waals surface area contributed by atoms with Crippen molar-refractivity contribution in [3.8, 4) is 0 Å². The van der Waals surface area contributed by atoms with Gasteiger partial charge in [-0.2, -0.15) is 0 Å². The van der Waals surface area contributed by atoms with E-state index in [0.717, 1.165) is 25.5 Å². The Hall–Kier alpha value is -0.770. The van der Waals surface area contributed by atoms with Crippen LogP contribution in [0.5, 0.6) is 0 Å². The summed E-state index contributed by atoms with van der Waals surface area (Å²) in [6, 6.07) is 0. The minimum Gasteiger partial charge on any atom is -0.376 e. The van der Waals surface area contributed by atoms with Gasteiger partial charge in [0.05, 0.1) is 6.10 Å². The van der Waals surface area contributed by atoms with Gasteiger partial charge in [-0.15, -0.1) is 0 Å². The molecule has 1 unspecified atom stereocenters. The van der Waals surface area contributed by atoms with Gasteiger partial charge in [0, 0.05) is 25.7 Å². The number of hydrogen-bond donors (Lipinski definition) is 2. The fourth-order valence-corrected chi connectivity index (χ4v) is 1.55. The van der Waals surface area contributed by atoms with Gasteiger partial charge in [-0.3, -0.25) is 4.99 Å². The van der Waals surface area contributed by atoms with Crippen LogP contribution in [0.25, 0.3) is 0 Å². The second kappa shape index (κ2) is 5.35. The van der Waals surface area contributed by atoms with Crippen LogP contribution >= 0.6 is 0 Å². The highest BCUT2D eigenvalue weighted by Gasteiger charge is 2.17. The first kappa shape index (κ1) is 12.3. The lowest BCUT2D eigenvalue weighted by Gasteiger charge is -2.24. The average Bonchev–Trinajstić information content (AvgIpc) is 2.62. The van der Waals surface area contributed by atoms with Crippen LogP contribution in [0, 0.1) is 0 Å². The van der Waals surface area contributed by atoms with Crippen LogP contribution in [0.1, 0.15) is 33.6 Å². The molecule has 0 aliphatic carbocycles. The molecule has 1 aliphatic heterocycles. The minimum atomic E-state index is 0.0401. The van der Waals surface area contributed by atoms with Crippen molar-refractivity contribution in [3.63, 3.8) is 0 Å². The summed E-state index contributed by atoms with van der Waals surface area (Å²) in [5.74, 6) is 0.845. The largest absolute Gasteiger partial charge is 0.376 e. The third kappa shape index (κ3) is 5.02. The number of hydrogen-bond acceptors (Lipinski definition) is 2. The summed E-state index contributed by atoms with van der Waals surface area (Å²) >= 11 is 0. The first-order valence-corrected chi connectivity index (χ1v) is 5.62. The molecule has 4 nitrogen and oxygen atoms in total. The molecule has 1 saturated heterocycles. The maximum atomic E-state index is 5.53. The number of aliphatic imine (C=N–C) groups is 1. The van der Waals surface area contributed by atoms with E-state index in [0.29, 0.717) is 6.10 Å². The zero-order valence-corrected chi connectivity index (χ0v) is 10.3. The molecule has 1 aliphatic rings. The first-order chi connectivity index (χ1) is 7.01. The van der Waals surface area contributed by atoms with Crippen LogP contribution < -0.4 is 10.6 Å². The quantitative estimate of drug-likeness (QED) is 0.534. The summed E-state index contributed by atoms with van der Waals surface area (Å²) in [4.78, 5) is 4.17. The molecule has 88 valence electrons. The van der Waals surface area contributed by atoms with Gasteiger partial charge < -0.3 is 15.4 Å². The Labute approximate surface area is 92.5 Å². The van der Waals surface area contributed by atoms with Gasteiger partial charge in [0.2, 0.25) is 0 Å². The van der Waals surface area contributed by atoms with E-state index >= 15 is 0 Å². The molecular weight excluding hydrogens is 190 g/mol. The maximum absolute atomic E-state index is 5.53. The summed E-state index contributed by atoms with van der Waals surface area (Å²) in [5.41, 5.74) is 0.0401. The van der Waals surface area contributed by atoms with Crippen molar-refractivity contribution >= 4 is 5.96 Å². The molecule has 2 N–H and O–H groups in total. The number of nitrogens with zero attached hydrogens (tertiary/aromatic N) is 1. The summed E-state index contributed by atoms with van der Waals surface area (Å²) < 4.78 is 5.53. The first-order valence-electron chi connectivity index (χ1n) is 5.62.